The number of benzene rings is 1. The molecule has 10 heteroatoms. The Morgan fingerprint density at radius 1 is 1.08 bits per heavy atom. The van der Waals surface area contributed by atoms with Gasteiger partial charge in [0, 0.05) is 17.7 Å². The zero-order chi connectivity index (χ0) is 17.9. The van der Waals surface area contributed by atoms with E-state index < -0.39 is 22.6 Å². The molecule has 0 aliphatic heterocycles. The maximum Gasteiger partial charge on any atom is 0.358 e. The lowest BCUT2D eigenvalue weighted by atomic mass is 10.1. The van der Waals surface area contributed by atoms with Crippen LogP contribution in [0.15, 0.2) is 24.3 Å². The Hall–Kier alpha value is -3.14. The fourth-order valence-electron chi connectivity index (χ4n) is 1.74. The quantitative estimate of drug-likeness (QED) is 0.346. The van der Waals surface area contributed by atoms with Gasteiger partial charge < -0.3 is 9.47 Å². The van der Waals surface area contributed by atoms with Gasteiger partial charge >= 0.3 is 11.9 Å². The first-order valence-corrected chi connectivity index (χ1v) is 7.17. The van der Waals surface area contributed by atoms with Crippen molar-refractivity contribution in [3.63, 3.8) is 0 Å². The number of ether oxygens (including phenoxy) is 2. The number of aromatic nitrogens is 1. The number of methoxy groups -OCH3 is 2. The third-order valence-corrected chi connectivity index (χ3v) is 3.95. The molecule has 0 radical (unpaired) electrons. The molecule has 2 aromatic rings. The van der Waals surface area contributed by atoms with E-state index in [1.54, 1.807) is 0 Å². The van der Waals surface area contributed by atoms with Crippen LogP contribution < -0.4 is 0 Å². The molecule has 0 saturated carbocycles. The first-order valence-electron chi connectivity index (χ1n) is 6.35. The fourth-order valence-corrected chi connectivity index (χ4v) is 2.67. The van der Waals surface area contributed by atoms with Crippen LogP contribution in [0.5, 0.6) is 0 Å². The van der Waals surface area contributed by atoms with Crippen molar-refractivity contribution >= 4 is 34.7 Å². The minimum Gasteiger partial charge on any atom is -0.465 e. The Bertz CT molecular complexity index is 793. The molecule has 9 nitrogen and oxygen atoms in total. The molecule has 2 rings (SSSR count). The molecule has 0 aliphatic carbocycles. The summed E-state index contributed by atoms with van der Waals surface area (Å²) in [4.78, 5) is 49.5. The summed E-state index contributed by atoms with van der Waals surface area (Å²) in [7, 11) is 2.24. The fraction of sp³-hybridized carbons (Fsp3) is 0.143. The van der Waals surface area contributed by atoms with Gasteiger partial charge in [0.15, 0.2) is 10.7 Å². The molecule has 24 heavy (non-hydrogen) atoms. The molecule has 0 bridgehead atoms. The van der Waals surface area contributed by atoms with Crippen molar-refractivity contribution in [3.8, 4) is 0 Å². The zero-order valence-electron chi connectivity index (χ0n) is 12.5. The summed E-state index contributed by atoms with van der Waals surface area (Å²) < 4.78 is 9.07. The number of ketones is 1. The molecule has 0 unspecified atom stereocenters. The second kappa shape index (κ2) is 6.96. The number of nitro benzene ring substituents is 1. The maximum absolute atomic E-state index is 12.4. The van der Waals surface area contributed by atoms with Crippen LogP contribution in [0.25, 0.3) is 0 Å². The molecule has 1 heterocycles. The maximum atomic E-state index is 12.4. The number of non-ortho nitro benzene ring substituents is 1. The van der Waals surface area contributed by atoms with Gasteiger partial charge in [-0.3, -0.25) is 14.9 Å². The van der Waals surface area contributed by atoms with Gasteiger partial charge in [0.05, 0.1) is 19.1 Å². The molecular weight excluding hydrogens is 340 g/mol. The van der Waals surface area contributed by atoms with Crippen LogP contribution >= 0.6 is 11.3 Å². The third kappa shape index (κ3) is 3.27. The molecule has 0 aliphatic rings. The van der Waals surface area contributed by atoms with Crippen LogP contribution in [0, 0.1) is 10.1 Å². The van der Waals surface area contributed by atoms with Gasteiger partial charge in [0.2, 0.25) is 5.78 Å². The number of thiazole rings is 1. The number of nitro groups is 1. The highest BCUT2D eigenvalue weighted by atomic mass is 32.1. The number of carbonyl (C=O) groups excluding carboxylic acids is 3. The minimum absolute atomic E-state index is 0.127. The van der Waals surface area contributed by atoms with Crippen molar-refractivity contribution in [1.82, 2.24) is 4.98 Å². The SMILES string of the molecule is COC(=O)c1nc(C(=O)c2ccc([N+](=O)[O-])cc2)sc1C(=O)OC. The molecule has 0 spiro atoms. The summed E-state index contributed by atoms with van der Waals surface area (Å²) in [6, 6.07) is 4.86. The molecule has 0 amide bonds. The topological polar surface area (TPSA) is 126 Å². The van der Waals surface area contributed by atoms with E-state index in [0.717, 1.165) is 14.2 Å². The largest absolute Gasteiger partial charge is 0.465 e. The van der Waals surface area contributed by atoms with E-state index in [1.807, 2.05) is 0 Å². The van der Waals surface area contributed by atoms with Crippen molar-refractivity contribution in [2.75, 3.05) is 14.2 Å². The summed E-state index contributed by atoms with van der Waals surface area (Å²) >= 11 is 0.679. The van der Waals surface area contributed by atoms with Crippen LogP contribution in [-0.2, 0) is 9.47 Å². The van der Waals surface area contributed by atoms with E-state index >= 15 is 0 Å². The van der Waals surface area contributed by atoms with Crippen molar-refractivity contribution in [2.45, 2.75) is 0 Å². The molecule has 124 valence electrons. The Morgan fingerprint density at radius 2 is 1.67 bits per heavy atom. The Balaban J connectivity index is 2.42. The van der Waals surface area contributed by atoms with Crippen LogP contribution in [0.4, 0.5) is 5.69 Å². The Kier molecular flexibility index (Phi) is 4.99. The van der Waals surface area contributed by atoms with Crippen molar-refractivity contribution < 1.29 is 28.8 Å². The lowest BCUT2D eigenvalue weighted by Crippen LogP contribution is -2.10. The van der Waals surface area contributed by atoms with Gasteiger partial charge in [-0.15, -0.1) is 11.3 Å². The molecular formula is C14H10N2O7S. The van der Waals surface area contributed by atoms with Gasteiger partial charge in [-0.05, 0) is 12.1 Å². The van der Waals surface area contributed by atoms with Crippen molar-refractivity contribution in [1.29, 1.82) is 0 Å². The van der Waals surface area contributed by atoms with E-state index in [2.05, 4.69) is 14.5 Å². The predicted molar refractivity (Wildman–Crippen MR) is 81.3 cm³/mol. The average Bonchev–Trinajstić information content (AvgIpc) is 3.05. The summed E-state index contributed by atoms with van der Waals surface area (Å²) in [5, 5.41) is 10.5. The van der Waals surface area contributed by atoms with Crippen LogP contribution in [0.2, 0.25) is 0 Å². The number of rotatable bonds is 5. The monoisotopic (exact) mass is 350 g/mol. The minimum atomic E-state index is -0.880. The summed E-state index contributed by atoms with van der Waals surface area (Å²) in [6.45, 7) is 0. The van der Waals surface area contributed by atoms with E-state index in [-0.39, 0.29) is 26.8 Å². The van der Waals surface area contributed by atoms with E-state index in [4.69, 9.17) is 0 Å². The predicted octanol–water partition coefficient (Wildman–Crippen LogP) is 1.86. The van der Waals surface area contributed by atoms with E-state index in [0.29, 0.717) is 11.3 Å². The Morgan fingerprint density at radius 3 is 2.17 bits per heavy atom. The highest BCUT2D eigenvalue weighted by molar-refractivity contribution is 7.16. The second-order valence-corrected chi connectivity index (χ2v) is 5.31. The van der Waals surface area contributed by atoms with Gasteiger partial charge in [-0.1, -0.05) is 0 Å². The number of carbonyl (C=O) groups is 3. The smallest absolute Gasteiger partial charge is 0.358 e. The molecule has 0 atom stereocenters. The van der Waals surface area contributed by atoms with Gasteiger partial charge in [-0.2, -0.15) is 0 Å². The molecule has 0 saturated heterocycles. The normalized spacial score (nSPS) is 10.1. The molecule has 1 aromatic heterocycles. The van der Waals surface area contributed by atoms with Crippen LogP contribution in [-0.4, -0.2) is 41.8 Å². The first-order chi connectivity index (χ1) is 11.4. The lowest BCUT2D eigenvalue weighted by molar-refractivity contribution is -0.384. The molecule has 0 fully saturated rings. The van der Waals surface area contributed by atoms with Gasteiger partial charge in [0.25, 0.3) is 5.69 Å². The molecule has 0 N–H and O–H groups in total. The summed E-state index contributed by atoms with van der Waals surface area (Å²) in [6.07, 6.45) is 0. The van der Waals surface area contributed by atoms with E-state index in [9.17, 15) is 24.5 Å². The first kappa shape index (κ1) is 17.2. The zero-order valence-corrected chi connectivity index (χ0v) is 13.3. The third-order valence-electron chi connectivity index (χ3n) is 2.91. The van der Waals surface area contributed by atoms with Crippen LogP contribution in [0.3, 0.4) is 0 Å². The number of esters is 2. The van der Waals surface area contributed by atoms with Gasteiger partial charge in [-0.25, -0.2) is 14.6 Å². The van der Waals surface area contributed by atoms with Crippen molar-refractivity contribution in [2.24, 2.45) is 0 Å². The number of nitrogens with zero attached hydrogens (tertiary/aromatic N) is 2. The average molecular weight is 350 g/mol. The Labute approximate surface area is 139 Å². The standard InChI is InChI=1S/C14H10N2O7S/c1-22-13(18)9-11(14(19)23-2)24-12(15-9)10(17)7-3-5-8(6-4-7)16(20)21/h3-6H,1-2H3. The highest BCUT2D eigenvalue weighted by Crippen LogP contribution is 2.24. The lowest BCUT2D eigenvalue weighted by Gasteiger charge is -1.97. The van der Waals surface area contributed by atoms with E-state index in [1.165, 1.54) is 24.3 Å². The summed E-state index contributed by atoms with van der Waals surface area (Å²) in [5.41, 5.74) is -0.363. The highest BCUT2D eigenvalue weighted by Gasteiger charge is 2.27. The number of hydrogen-bond acceptors (Lipinski definition) is 9. The number of hydrogen-bond donors (Lipinski definition) is 0. The summed E-state index contributed by atoms with van der Waals surface area (Å²) in [5.74, 6) is -2.29. The molecule has 1 aromatic carbocycles. The van der Waals surface area contributed by atoms with Crippen LogP contribution in [0.1, 0.15) is 35.5 Å². The second-order valence-electron chi connectivity index (χ2n) is 4.31. The van der Waals surface area contributed by atoms with Gasteiger partial charge in [0.1, 0.15) is 4.88 Å². The van der Waals surface area contributed by atoms with Crippen molar-refractivity contribution in [3.05, 3.63) is 55.5 Å².